The van der Waals surface area contributed by atoms with Crippen LogP contribution in [0.4, 0.5) is 8.78 Å². The highest BCUT2D eigenvalue weighted by molar-refractivity contribution is 5.75. The summed E-state index contributed by atoms with van der Waals surface area (Å²) in [5.41, 5.74) is 0. The molecule has 0 aliphatic heterocycles. The van der Waals surface area contributed by atoms with Crippen molar-refractivity contribution < 1.29 is 23.5 Å². The fraction of sp³-hybridized carbons (Fsp3) is 0.500. The van der Waals surface area contributed by atoms with Crippen molar-refractivity contribution in [2.45, 2.75) is 5.92 Å². The van der Waals surface area contributed by atoms with Gasteiger partial charge in [-0.2, -0.15) is 13.8 Å². The van der Waals surface area contributed by atoms with Gasteiger partial charge in [-0.05, 0) is 0 Å². The third kappa shape index (κ3) is 2.32. The molecule has 4 nitrogen and oxygen atoms in total. The first-order valence-corrected chi connectivity index (χ1v) is 2.15. The van der Waals surface area contributed by atoms with Gasteiger partial charge in [0.15, 0.2) is 0 Å². The molecule has 0 heterocycles. The van der Waals surface area contributed by atoms with Crippen molar-refractivity contribution >= 4 is 12.0 Å². The Labute approximate surface area is 54.2 Å². The van der Waals surface area contributed by atoms with E-state index >= 15 is 0 Å². The van der Waals surface area contributed by atoms with Crippen LogP contribution in [0.2, 0.25) is 0 Å². The van der Waals surface area contributed by atoms with Gasteiger partial charge in [-0.3, -0.25) is 0 Å². The number of alkyl halides is 2. The Hall–Kier alpha value is -1.29. The average molecular weight is 151 g/mol. The third-order valence-corrected chi connectivity index (χ3v) is 0.655. The Bertz CT molecular complexity index is 185. The number of aliphatic carboxylic acids is 1. The van der Waals surface area contributed by atoms with Gasteiger partial charge in [-0.25, -0.2) is 9.59 Å². The van der Waals surface area contributed by atoms with Crippen molar-refractivity contribution in [2.75, 3.05) is 6.54 Å². The van der Waals surface area contributed by atoms with E-state index in [1.165, 1.54) is 0 Å². The lowest BCUT2D eigenvalue weighted by Crippen LogP contribution is -2.31. The van der Waals surface area contributed by atoms with E-state index in [2.05, 4.69) is 4.99 Å². The van der Waals surface area contributed by atoms with Gasteiger partial charge in [-0.15, -0.1) is 0 Å². The van der Waals surface area contributed by atoms with Crippen LogP contribution in [0, 0.1) is 0 Å². The van der Waals surface area contributed by atoms with E-state index < -0.39 is 18.4 Å². The first-order valence-electron chi connectivity index (χ1n) is 2.15. The van der Waals surface area contributed by atoms with Crippen LogP contribution in [0.5, 0.6) is 0 Å². The maximum Gasteiger partial charge on any atom is 0.376 e. The largest absolute Gasteiger partial charge is 0.477 e. The number of nitrogens with zero attached hydrogens (tertiary/aromatic N) is 1. The van der Waals surface area contributed by atoms with E-state index in [4.69, 9.17) is 5.11 Å². The summed E-state index contributed by atoms with van der Waals surface area (Å²) in [6.45, 7) is -1.36. The van der Waals surface area contributed by atoms with E-state index in [9.17, 15) is 18.4 Å². The summed E-state index contributed by atoms with van der Waals surface area (Å²) in [7, 11) is 0. The van der Waals surface area contributed by atoms with Gasteiger partial charge in [0.05, 0.1) is 0 Å². The molecule has 0 aromatic carbocycles. The van der Waals surface area contributed by atoms with E-state index in [0.717, 1.165) is 6.08 Å². The second-order valence-electron chi connectivity index (χ2n) is 1.42. The summed E-state index contributed by atoms with van der Waals surface area (Å²) in [5, 5.41) is 7.73. The zero-order chi connectivity index (χ0) is 8.20. The zero-order valence-corrected chi connectivity index (χ0v) is 4.67. The minimum Gasteiger partial charge on any atom is -0.477 e. The molecule has 0 bridgehead atoms. The number of halogens is 2. The molecule has 56 valence electrons. The molecule has 0 aliphatic rings. The number of carbonyl (C=O) groups excluding carboxylic acids is 1. The number of carboxylic acids is 1. The number of aliphatic imine (C=N–C) groups is 1. The molecule has 1 N–H and O–H groups in total. The molecule has 0 unspecified atom stereocenters. The summed E-state index contributed by atoms with van der Waals surface area (Å²) in [4.78, 5) is 21.3. The molecule has 10 heavy (non-hydrogen) atoms. The van der Waals surface area contributed by atoms with Gasteiger partial charge in [0.2, 0.25) is 6.08 Å². The van der Waals surface area contributed by atoms with Crippen molar-refractivity contribution in [3.8, 4) is 0 Å². The van der Waals surface area contributed by atoms with Crippen LogP contribution in [-0.2, 0) is 9.59 Å². The number of isocyanates is 1. The van der Waals surface area contributed by atoms with Crippen LogP contribution in [0.1, 0.15) is 0 Å². The van der Waals surface area contributed by atoms with E-state index in [1.807, 2.05) is 0 Å². The fourth-order valence-corrected chi connectivity index (χ4v) is 0.199. The van der Waals surface area contributed by atoms with Crippen LogP contribution in [0.25, 0.3) is 0 Å². The molecule has 6 heteroatoms. The average Bonchev–Trinajstić information content (AvgIpc) is 1.84. The molecule has 0 radical (unpaired) electrons. The molecule has 0 amide bonds. The van der Waals surface area contributed by atoms with Crippen LogP contribution in [0.15, 0.2) is 4.99 Å². The summed E-state index contributed by atoms with van der Waals surface area (Å²) >= 11 is 0. The standard InChI is InChI=1S/C4H3F2NO3/c5-4(6,3(9)10)1-7-2-8/h1H2,(H,9,10). The summed E-state index contributed by atoms with van der Waals surface area (Å²) in [6.07, 6.45) is 0.810. The smallest absolute Gasteiger partial charge is 0.376 e. The first-order chi connectivity index (χ1) is 4.50. The Morgan fingerprint density at radius 3 is 2.50 bits per heavy atom. The maximum atomic E-state index is 11.9. The van der Waals surface area contributed by atoms with Crippen LogP contribution >= 0.6 is 0 Å². The van der Waals surface area contributed by atoms with Crippen molar-refractivity contribution in [3.63, 3.8) is 0 Å². The fourth-order valence-electron chi connectivity index (χ4n) is 0.199. The molecule has 0 spiro atoms. The Kier molecular flexibility index (Phi) is 2.64. The Morgan fingerprint density at radius 1 is 1.70 bits per heavy atom. The Balaban J connectivity index is 4.12. The summed E-state index contributed by atoms with van der Waals surface area (Å²) in [6, 6.07) is 0. The van der Waals surface area contributed by atoms with Gasteiger partial charge in [0.1, 0.15) is 6.54 Å². The molecule has 0 aliphatic carbocycles. The minimum atomic E-state index is -3.96. The lowest BCUT2D eigenvalue weighted by Gasteiger charge is -2.04. The highest BCUT2D eigenvalue weighted by Gasteiger charge is 2.38. The molecule has 0 saturated carbocycles. The topological polar surface area (TPSA) is 66.7 Å². The van der Waals surface area contributed by atoms with Crippen molar-refractivity contribution in [3.05, 3.63) is 0 Å². The van der Waals surface area contributed by atoms with Crippen LogP contribution in [0.3, 0.4) is 0 Å². The lowest BCUT2D eigenvalue weighted by molar-refractivity contribution is -0.163. The number of carboxylic acid groups (broad SMARTS) is 1. The number of carbonyl (C=O) groups is 1. The van der Waals surface area contributed by atoms with Crippen LogP contribution in [-0.4, -0.2) is 29.6 Å². The molecule has 0 atom stereocenters. The molecule has 0 saturated heterocycles. The second kappa shape index (κ2) is 3.03. The molecule has 0 rings (SSSR count). The van der Waals surface area contributed by atoms with E-state index in [-0.39, 0.29) is 0 Å². The maximum absolute atomic E-state index is 11.9. The Morgan fingerprint density at radius 2 is 2.20 bits per heavy atom. The number of hydrogen-bond acceptors (Lipinski definition) is 3. The molecule has 0 aromatic rings. The molecule has 0 fully saturated rings. The van der Waals surface area contributed by atoms with E-state index in [1.54, 1.807) is 0 Å². The quantitative estimate of drug-likeness (QED) is 0.457. The molecular formula is C4H3F2NO3. The van der Waals surface area contributed by atoms with Gasteiger partial charge in [-0.1, -0.05) is 0 Å². The second-order valence-corrected chi connectivity index (χ2v) is 1.42. The normalized spacial score (nSPS) is 10.2. The minimum absolute atomic E-state index is 0.810. The predicted molar refractivity (Wildman–Crippen MR) is 25.6 cm³/mol. The van der Waals surface area contributed by atoms with Gasteiger partial charge >= 0.3 is 11.9 Å². The van der Waals surface area contributed by atoms with Gasteiger partial charge < -0.3 is 5.11 Å². The van der Waals surface area contributed by atoms with Crippen molar-refractivity contribution in [1.82, 2.24) is 0 Å². The number of rotatable bonds is 3. The SMILES string of the molecule is O=C=NCC(F)(F)C(=O)O. The predicted octanol–water partition coefficient (Wildman–Crippen LogP) is 0.0421. The molecule has 0 aromatic heterocycles. The summed E-state index contributed by atoms with van der Waals surface area (Å²) < 4.78 is 23.7. The molecular weight excluding hydrogens is 148 g/mol. The zero-order valence-electron chi connectivity index (χ0n) is 4.67. The highest BCUT2D eigenvalue weighted by Crippen LogP contribution is 2.12. The lowest BCUT2D eigenvalue weighted by atomic mass is 10.3. The van der Waals surface area contributed by atoms with Crippen LogP contribution < -0.4 is 0 Å². The highest BCUT2D eigenvalue weighted by atomic mass is 19.3. The van der Waals surface area contributed by atoms with E-state index in [0.29, 0.717) is 0 Å². The third-order valence-electron chi connectivity index (χ3n) is 0.655. The first kappa shape index (κ1) is 8.71. The van der Waals surface area contributed by atoms with Gasteiger partial charge in [0.25, 0.3) is 0 Å². The number of hydrogen-bond donors (Lipinski definition) is 1. The summed E-state index contributed by atoms with van der Waals surface area (Å²) in [5.74, 6) is -6.26. The van der Waals surface area contributed by atoms with Gasteiger partial charge in [0, 0.05) is 0 Å². The monoisotopic (exact) mass is 151 g/mol. The van der Waals surface area contributed by atoms with Crippen molar-refractivity contribution in [2.24, 2.45) is 4.99 Å². The van der Waals surface area contributed by atoms with Crippen molar-refractivity contribution in [1.29, 1.82) is 0 Å².